The third-order valence-electron chi connectivity index (χ3n) is 2.58. The van der Waals surface area contributed by atoms with Gasteiger partial charge in [-0.05, 0) is 48.9 Å². The Kier molecular flexibility index (Phi) is 4.15. The number of nitrogen functional groups attached to an aromatic ring is 1. The Labute approximate surface area is 111 Å². The van der Waals surface area contributed by atoms with E-state index in [0.717, 1.165) is 34.8 Å². The van der Waals surface area contributed by atoms with Gasteiger partial charge in [-0.3, -0.25) is 0 Å². The summed E-state index contributed by atoms with van der Waals surface area (Å²) in [5.41, 5.74) is 8.43. The number of rotatable bonds is 4. The Balaban J connectivity index is 2.21. The van der Waals surface area contributed by atoms with E-state index in [1.807, 2.05) is 24.3 Å². The Bertz CT molecular complexity index is 525. The highest BCUT2D eigenvalue weighted by Gasteiger charge is 2.07. The molecule has 0 unspecified atom stereocenters. The van der Waals surface area contributed by atoms with Crippen LogP contribution in [-0.2, 0) is 12.8 Å². The summed E-state index contributed by atoms with van der Waals surface area (Å²) in [6, 6.07) is 7.67. The van der Waals surface area contributed by atoms with Gasteiger partial charge >= 0.3 is 0 Å². The minimum atomic E-state index is 0.689. The molecule has 5 heteroatoms. The number of nitrogens with two attached hydrogens (primary N) is 1. The summed E-state index contributed by atoms with van der Waals surface area (Å²) in [6.07, 6.45) is 1.75. The highest BCUT2D eigenvalue weighted by Crippen LogP contribution is 2.25. The average molecular weight is 260 g/mol. The molecule has 0 atom stereocenters. The zero-order chi connectivity index (χ0) is 13.0. The fraction of sp³-hybridized carbons (Fsp3) is 0.308. The van der Waals surface area contributed by atoms with Crippen molar-refractivity contribution < 1.29 is 0 Å². The maximum absolute atomic E-state index is 5.65. The first-order chi connectivity index (χ1) is 8.72. The molecule has 1 aromatic heterocycles. The van der Waals surface area contributed by atoms with Gasteiger partial charge in [-0.1, -0.05) is 13.8 Å². The molecule has 2 aromatic rings. The van der Waals surface area contributed by atoms with Gasteiger partial charge in [0.15, 0.2) is 0 Å². The predicted octanol–water partition coefficient (Wildman–Crippen LogP) is 2.73. The third-order valence-corrected chi connectivity index (χ3v) is 3.44. The van der Waals surface area contributed by atoms with Crippen LogP contribution in [0, 0.1) is 0 Å². The van der Waals surface area contributed by atoms with Crippen molar-refractivity contribution in [3.8, 4) is 0 Å². The molecule has 0 fully saturated rings. The van der Waals surface area contributed by atoms with Gasteiger partial charge in [-0.2, -0.15) is 5.10 Å². The summed E-state index contributed by atoms with van der Waals surface area (Å²) in [5.74, 6) is 0. The number of hydrogen-bond donors (Lipinski definition) is 1. The monoisotopic (exact) mass is 260 g/mol. The van der Waals surface area contributed by atoms with E-state index < -0.39 is 0 Å². The van der Waals surface area contributed by atoms with Gasteiger partial charge in [-0.15, -0.1) is 5.10 Å². The summed E-state index contributed by atoms with van der Waals surface area (Å²) >= 11 is 1.50. The van der Waals surface area contributed by atoms with Crippen molar-refractivity contribution in [2.45, 2.75) is 36.7 Å². The van der Waals surface area contributed by atoms with E-state index in [9.17, 15) is 0 Å². The van der Waals surface area contributed by atoms with Crippen molar-refractivity contribution >= 4 is 17.4 Å². The Hall–Kier alpha value is -1.62. The molecule has 0 radical (unpaired) electrons. The van der Waals surface area contributed by atoms with Crippen LogP contribution >= 0.6 is 11.8 Å². The molecule has 0 amide bonds. The largest absolute Gasteiger partial charge is 0.399 e. The molecule has 0 saturated carbocycles. The molecule has 4 nitrogen and oxygen atoms in total. The van der Waals surface area contributed by atoms with Crippen LogP contribution in [0.5, 0.6) is 0 Å². The second-order valence-corrected chi connectivity index (χ2v) is 4.91. The Morgan fingerprint density at radius 3 is 2.28 bits per heavy atom. The smallest absolute Gasteiger partial charge is 0.214 e. The molecular formula is C13H16N4S. The quantitative estimate of drug-likeness (QED) is 0.856. The fourth-order valence-electron chi connectivity index (χ4n) is 1.61. The maximum atomic E-state index is 5.65. The Morgan fingerprint density at radius 2 is 1.67 bits per heavy atom. The summed E-state index contributed by atoms with van der Waals surface area (Å²) < 4.78 is 0. The summed E-state index contributed by atoms with van der Waals surface area (Å²) in [4.78, 5) is 5.60. The van der Waals surface area contributed by atoms with Gasteiger partial charge < -0.3 is 5.73 Å². The van der Waals surface area contributed by atoms with Crippen LogP contribution in [-0.4, -0.2) is 15.2 Å². The molecule has 0 aliphatic carbocycles. The number of benzene rings is 1. The van der Waals surface area contributed by atoms with Gasteiger partial charge in [0.05, 0.1) is 11.4 Å². The van der Waals surface area contributed by atoms with E-state index in [0.29, 0.717) is 5.16 Å². The molecule has 0 bridgehead atoms. The van der Waals surface area contributed by atoms with Gasteiger partial charge in [-0.25, -0.2) is 4.98 Å². The molecule has 0 saturated heterocycles. The number of hydrogen-bond acceptors (Lipinski definition) is 5. The van der Waals surface area contributed by atoms with Crippen LogP contribution in [0.1, 0.15) is 25.2 Å². The van der Waals surface area contributed by atoms with Crippen LogP contribution in [0.4, 0.5) is 5.69 Å². The molecular weight excluding hydrogens is 244 g/mol. The number of nitrogens with zero attached hydrogens (tertiary/aromatic N) is 3. The van der Waals surface area contributed by atoms with Crippen LogP contribution in [0.2, 0.25) is 0 Å². The molecule has 0 spiro atoms. The van der Waals surface area contributed by atoms with Crippen molar-refractivity contribution in [1.29, 1.82) is 0 Å². The molecule has 2 N–H and O–H groups in total. The topological polar surface area (TPSA) is 64.7 Å². The van der Waals surface area contributed by atoms with Crippen LogP contribution < -0.4 is 5.73 Å². The SMILES string of the molecule is CCc1nnc(Sc2ccc(N)cc2)nc1CC. The molecule has 18 heavy (non-hydrogen) atoms. The zero-order valence-corrected chi connectivity index (χ0v) is 11.4. The number of aromatic nitrogens is 3. The lowest BCUT2D eigenvalue weighted by molar-refractivity contribution is 0.745. The van der Waals surface area contributed by atoms with Gasteiger partial charge in [0.25, 0.3) is 0 Å². The van der Waals surface area contributed by atoms with Crippen molar-refractivity contribution in [3.05, 3.63) is 35.7 Å². The van der Waals surface area contributed by atoms with E-state index in [4.69, 9.17) is 5.73 Å². The second-order valence-electron chi connectivity index (χ2n) is 3.87. The molecule has 0 aliphatic rings. The number of aryl methyl sites for hydroxylation is 2. The van der Waals surface area contributed by atoms with Gasteiger partial charge in [0.1, 0.15) is 0 Å². The van der Waals surface area contributed by atoms with Crippen LogP contribution in [0.3, 0.4) is 0 Å². The highest BCUT2D eigenvalue weighted by molar-refractivity contribution is 7.99. The minimum Gasteiger partial charge on any atom is -0.399 e. The molecule has 0 aliphatic heterocycles. The van der Waals surface area contributed by atoms with Crippen molar-refractivity contribution in [2.75, 3.05) is 5.73 Å². The summed E-state index contributed by atoms with van der Waals surface area (Å²) in [7, 11) is 0. The zero-order valence-electron chi connectivity index (χ0n) is 10.6. The predicted molar refractivity (Wildman–Crippen MR) is 73.6 cm³/mol. The standard InChI is InChI=1S/C13H16N4S/c1-3-11-12(4-2)16-17-13(15-11)18-10-7-5-9(14)6-8-10/h5-8H,3-4,14H2,1-2H3. The van der Waals surface area contributed by atoms with Crippen LogP contribution in [0.25, 0.3) is 0 Å². The van der Waals surface area contributed by atoms with E-state index >= 15 is 0 Å². The lowest BCUT2D eigenvalue weighted by atomic mass is 10.2. The van der Waals surface area contributed by atoms with E-state index in [1.165, 1.54) is 11.8 Å². The van der Waals surface area contributed by atoms with Crippen LogP contribution in [0.15, 0.2) is 34.3 Å². The number of anilines is 1. The summed E-state index contributed by atoms with van der Waals surface area (Å²) in [5, 5.41) is 9.06. The average Bonchev–Trinajstić information content (AvgIpc) is 2.41. The Morgan fingerprint density at radius 1 is 1.00 bits per heavy atom. The minimum absolute atomic E-state index is 0.689. The van der Waals surface area contributed by atoms with Gasteiger partial charge in [0, 0.05) is 10.6 Å². The fourth-order valence-corrected chi connectivity index (χ4v) is 2.33. The lowest BCUT2D eigenvalue weighted by Gasteiger charge is -2.05. The van der Waals surface area contributed by atoms with Crippen molar-refractivity contribution in [2.24, 2.45) is 0 Å². The summed E-state index contributed by atoms with van der Waals surface area (Å²) in [6.45, 7) is 4.15. The molecule has 1 aromatic carbocycles. The molecule has 2 rings (SSSR count). The first kappa shape index (κ1) is 12.8. The van der Waals surface area contributed by atoms with E-state index in [1.54, 1.807) is 0 Å². The second kappa shape index (κ2) is 5.82. The van der Waals surface area contributed by atoms with E-state index in [2.05, 4.69) is 29.0 Å². The third kappa shape index (κ3) is 2.98. The maximum Gasteiger partial charge on any atom is 0.214 e. The lowest BCUT2D eigenvalue weighted by Crippen LogP contribution is -2.03. The molecule has 94 valence electrons. The first-order valence-corrected chi connectivity index (χ1v) is 6.80. The first-order valence-electron chi connectivity index (χ1n) is 5.98. The molecule has 1 heterocycles. The van der Waals surface area contributed by atoms with Crippen molar-refractivity contribution in [1.82, 2.24) is 15.2 Å². The van der Waals surface area contributed by atoms with Gasteiger partial charge in [0.2, 0.25) is 5.16 Å². The highest BCUT2D eigenvalue weighted by atomic mass is 32.2. The van der Waals surface area contributed by atoms with E-state index in [-0.39, 0.29) is 0 Å². The van der Waals surface area contributed by atoms with Crippen molar-refractivity contribution in [3.63, 3.8) is 0 Å². The normalized spacial score (nSPS) is 10.6.